The highest BCUT2D eigenvalue weighted by Crippen LogP contribution is 2.31. The number of carbonyl (C=O) groups excluding carboxylic acids is 1. The Kier molecular flexibility index (Phi) is 5.48. The van der Waals surface area contributed by atoms with Gasteiger partial charge in [0, 0.05) is 11.6 Å². The van der Waals surface area contributed by atoms with E-state index in [0.717, 1.165) is 11.3 Å². The van der Waals surface area contributed by atoms with Crippen LogP contribution in [0.15, 0.2) is 68.9 Å². The second-order valence-electron chi connectivity index (χ2n) is 6.47. The first kappa shape index (κ1) is 20.0. The smallest absolute Gasteiger partial charge is 0.337 e. The average Bonchev–Trinajstić information content (AvgIpc) is 3.30. The zero-order chi connectivity index (χ0) is 21.3. The fourth-order valence-electron chi connectivity index (χ4n) is 2.84. The summed E-state index contributed by atoms with van der Waals surface area (Å²) in [6.45, 7) is 1.96. The number of furan rings is 1. The second kappa shape index (κ2) is 8.22. The SMILES string of the molecule is Cc1ccccc1N=C1NC(=O)/C(=C/c2ccc(-c3ccc(C(=O)O)c(Cl)c3)o2)S1. The van der Waals surface area contributed by atoms with Gasteiger partial charge in [0.2, 0.25) is 0 Å². The van der Waals surface area contributed by atoms with Crippen molar-refractivity contribution in [1.82, 2.24) is 5.32 Å². The number of hydrogen-bond acceptors (Lipinski definition) is 5. The van der Waals surface area contributed by atoms with E-state index in [-0.39, 0.29) is 16.5 Å². The van der Waals surface area contributed by atoms with Crippen LogP contribution in [0.25, 0.3) is 17.4 Å². The summed E-state index contributed by atoms with van der Waals surface area (Å²) in [6.07, 6.45) is 1.64. The maximum Gasteiger partial charge on any atom is 0.337 e. The largest absolute Gasteiger partial charge is 0.478 e. The Morgan fingerprint density at radius 2 is 2.00 bits per heavy atom. The first-order chi connectivity index (χ1) is 14.4. The number of hydrogen-bond donors (Lipinski definition) is 2. The number of aromatic carboxylic acids is 1. The van der Waals surface area contributed by atoms with Gasteiger partial charge in [0.05, 0.1) is 21.2 Å². The average molecular weight is 439 g/mol. The third-order valence-electron chi connectivity index (χ3n) is 4.37. The number of rotatable bonds is 4. The Labute approximate surface area is 181 Å². The van der Waals surface area contributed by atoms with Crippen LogP contribution in [0.1, 0.15) is 21.7 Å². The minimum atomic E-state index is -1.09. The monoisotopic (exact) mass is 438 g/mol. The van der Waals surface area contributed by atoms with Crippen molar-refractivity contribution >= 4 is 52.2 Å². The molecule has 0 saturated carbocycles. The number of aliphatic imine (C=N–C) groups is 1. The lowest BCUT2D eigenvalue weighted by atomic mass is 10.1. The predicted octanol–water partition coefficient (Wildman–Crippen LogP) is 5.50. The summed E-state index contributed by atoms with van der Waals surface area (Å²) in [6, 6.07) is 15.7. The van der Waals surface area contributed by atoms with Gasteiger partial charge in [-0.1, -0.05) is 35.9 Å². The molecular formula is C22H15ClN2O4S. The fraction of sp³-hybridized carbons (Fsp3) is 0.0455. The van der Waals surface area contributed by atoms with Crippen molar-refractivity contribution in [2.45, 2.75) is 6.92 Å². The molecule has 0 radical (unpaired) electrons. The third kappa shape index (κ3) is 4.17. The molecule has 0 unspecified atom stereocenters. The molecule has 1 aromatic heterocycles. The van der Waals surface area contributed by atoms with E-state index >= 15 is 0 Å². The molecule has 3 aromatic rings. The van der Waals surface area contributed by atoms with Gasteiger partial charge in [-0.2, -0.15) is 0 Å². The molecule has 0 atom stereocenters. The molecule has 0 bridgehead atoms. The number of amides is 1. The fourth-order valence-corrected chi connectivity index (χ4v) is 3.91. The van der Waals surface area contributed by atoms with Crippen molar-refractivity contribution in [2.75, 3.05) is 0 Å². The number of halogens is 1. The predicted molar refractivity (Wildman–Crippen MR) is 118 cm³/mol. The summed E-state index contributed by atoms with van der Waals surface area (Å²) >= 11 is 7.26. The van der Waals surface area contributed by atoms with Crippen LogP contribution < -0.4 is 5.32 Å². The maximum absolute atomic E-state index is 12.3. The van der Waals surface area contributed by atoms with Crippen LogP contribution in [0, 0.1) is 6.92 Å². The molecule has 1 aliphatic rings. The van der Waals surface area contributed by atoms with Crippen LogP contribution in [-0.4, -0.2) is 22.2 Å². The highest BCUT2D eigenvalue weighted by Gasteiger charge is 2.24. The Hall–Kier alpha value is -3.29. The quantitative estimate of drug-likeness (QED) is 0.525. The zero-order valence-electron chi connectivity index (χ0n) is 15.7. The molecule has 1 amide bonds. The number of nitrogens with zero attached hydrogens (tertiary/aromatic N) is 1. The number of amidine groups is 1. The molecule has 2 aromatic carbocycles. The van der Waals surface area contributed by atoms with Gasteiger partial charge in [-0.25, -0.2) is 9.79 Å². The lowest BCUT2D eigenvalue weighted by Crippen LogP contribution is -2.19. The van der Waals surface area contributed by atoms with E-state index < -0.39 is 5.97 Å². The molecule has 0 spiro atoms. The van der Waals surface area contributed by atoms with Gasteiger partial charge in [0.15, 0.2) is 5.17 Å². The Morgan fingerprint density at radius 3 is 2.73 bits per heavy atom. The van der Waals surface area contributed by atoms with E-state index in [1.807, 2.05) is 31.2 Å². The van der Waals surface area contributed by atoms with E-state index in [9.17, 15) is 9.59 Å². The van der Waals surface area contributed by atoms with E-state index in [1.54, 1.807) is 24.3 Å². The normalized spacial score (nSPS) is 16.3. The summed E-state index contributed by atoms with van der Waals surface area (Å²) in [5, 5.41) is 12.5. The Bertz CT molecular complexity index is 1230. The lowest BCUT2D eigenvalue weighted by Gasteiger charge is -2.01. The number of nitrogens with one attached hydrogen (secondary N) is 1. The molecule has 150 valence electrons. The summed E-state index contributed by atoms with van der Waals surface area (Å²) in [7, 11) is 0. The number of aryl methyl sites for hydroxylation is 1. The molecule has 30 heavy (non-hydrogen) atoms. The number of para-hydroxylation sites is 1. The first-order valence-electron chi connectivity index (χ1n) is 8.89. The molecule has 1 aliphatic heterocycles. The minimum absolute atomic E-state index is 0.0220. The van der Waals surface area contributed by atoms with Gasteiger partial charge in [-0.15, -0.1) is 0 Å². The van der Waals surface area contributed by atoms with Crippen molar-refractivity contribution in [3.63, 3.8) is 0 Å². The van der Waals surface area contributed by atoms with Crippen LogP contribution in [0.2, 0.25) is 5.02 Å². The van der Waals surface area contributed by atoms with Crippen molar-refractivity contribution in [1.29, 1.82) is 0 Å². The van der Waals surface area contributed by atoms with Gasteiger partial charge in [0.25, 0.3) is 5.91 Å². The maximum atomic E-state index is 12.3. The first-order valence-corrected chi connectivity index (χ1v) is 10.1. The standard InChI is InChI=1S/C22H15ClN2O4S/c1-12-4-2-3-5-17(12)24-22-25-20(26)19(30-22)11-14-7-9-18(29-14)13-6-8-15(21(27)28)16(23)10-13/h2-11H,1H3,(H,27,28)(H,24,25,26)/b19-11-. The number of carboxylic acids is 1. The van der Waals surface area contributed by atoms with Crippen LogP contribution in [0.5, 0.6) is 0 Å². The third-order valence-corrected chi connectivity index (χ3v) is 5.60. The van der Waals surface area contributed by atoms with Gasteiger partial charge in [-0.3, -0.25) is 4.79 Å². The van der Waals surface area contributed by atoms with Crippen LogP contribution in [0.3, 0.4) is 0 Å². The van der Waals surface area contributed by atoms with E-state index in [2.05, 4.69) is 10.3 Å². The van der Waals surface area contributed by atoms with Gasteiger partial charge < -0.3 is 14.8 Å². The van der Waals surface area contributed by atoms with Crippen molar-refractivity contribution in [3.05, 3.63) is 81.4 Å². The zero-order valence-corrected chi connectivity index (χ0v) is 17.3. The Balaban J connectivity index is 1.56. The van der Waals surface area contributed by atoms with Crippen LogP contribution in [0.4, 0.5) is 5.69 Å². The molecule has 2 heterocycles. The second-order valence-corrected chi connectivity index (χ2v) is 7.91. The molecule has 1 saturated heterocycles. The molecule has 0 aliphatic carbocycles. The number of benzene rings is 2. The summed E-state index contributed by atoms with van der Waals surface area (Å²) in [4.78, 5) is 28.3. The van der Waals surface area contributed by atoms with E-state index in [1.165, 1.54) is 23.9 Å². The lowest BCUT2D eigenvalue weighted by molar-refractivity contribution is -0.115. The van der Waals surface area contributed by atoms with Crippen LogP contribution >= 0.6 is 23.4 Å². The summed E-state index contributed by atoms with van der Waals surface area (Å²) < 4.78 is 5.79. The van der Waals surface area contributed by atoms with Gasteiger partial charge in [0.1, 0.15) is 11.5 Å². The molecule has 2 N–H and O–H groups in total. The van der Waals surface area contributed by atoms with E-state index in [4.69, 9.17) is 21.1 Å². The molecule has 8 heteroatoms. The number of carboxylic acid groups (broad SMARTS) is 1. The summed E-state index contributed by atoms with van der Waals surface area (Å²) in [5.41, 5.74) is 2.47. The van der Waals surface area contributed by atoms with Gasteiger partial charge >= 0.3 is 5.97 Å². The minimum Gasteiger partial charge on any atom is -0.478 e. The molecule has 6 nitrogen and oxygen atoms in total. The van der Waals surface area contributed by atoms with E-state index in [0.29, 0.717) is 27.2 Å². The topological polar surface area (TPSA) is 91.9 Å². The van der Waals surface area contributed by atoms with Gasteiger partial charge in [-0.05, 0) is 54.6 Å². The highest BCUT2D eigenvalue weighted by atomic mass is 35.5. The molecule has 4 rings (SSSR count). The van der Waals surface area contributed by atoms with Crippen molar-refractivity contribution in [2.24, 2.45) is 4.99 Å². The number of thioether (sulfide) groups is 1. The molecular weight excluding hydrogens is 424 g/mol. The molecule has 1 fully saturated rings. The van der Waals surface area contributed by atoms with Crippen LogP contribution in [-0.2, 0) is 4.79 Å². The Morgan fingerprint density at radius 1 is 1.20 bits per heavy atom. The highest BCUT2D eigenvalue weighted by molar-refractivity contribution is 8.18. The van der Waals surface area contributed by atoms with Crippen molar-refractivity contribution in [3.8, 4) is 11.3 Å². The number of carbonyl (C=O) groups is 2. The van der Waals surface area contributed by atoms with Crippen molar-refractivity contribution < 1.29 is 19.1 Å². The summed E-state index contributed by atoms with van der Waals surface area (Å²) in [5.74, 6) is -0.348.